The first-order valence-electron chi connectivity index (χ1n) is 6.14. The average molecular weight is 330 g/mol. The molecule has 1 N–H and O–H groups in total. The largest absolute Gasteiger partial charge is 0.344 e. The molecule has 0 bridgehead atoms. The topological polar surface area (TPSA) is 54.9 Å². The van der Waals surface area contributed by atoms with E-state index in [1.807, 2.05) is 6.07 Å². The molecule has 2 aromatic rings. The lowest BCUT2D eigenvalue weighted by atomic mass is 10.0. The Hall–Kier alpha value is -1.17. The van der Waals surface area contributed by atoms with E-state index >= 15 is 0 Å². The molecule has 0 unspecified atom stereocenters. The lowest BCUT2D eigenvalue weighted by Crippen LogP contribution is -2.28. The van der Waals surface area contributed by atoms with Gasteiger partial charge in [-0.1, -0.05) is 47.1 Å². The molecule has 0 aliphatic carbocycles. The second kappa shape index (κ2) is 7.02. The molecule has 0 aliphatic heterocycles. The van der Waals surface area contributed by atoms with E-state index in [1.54, 1.807) is 17.5 Å². The zero-order chi connectivity index (χ0) is 14.5. The van der Waals surface area contributed by atoms with E-state index in [4.69, 9.17) is 23.2 Å². The van der Waals surface area contributed by atoms with Crippen LogP contribution in [0.2, 0.25) is 10.0 Å². The molecule has 1 atom stereocenters. The quantitative estimate of drug-likeness (QED) is 0.897. The SMILES string of the molecule is CCC[C@@H](NC(=O)c1csnn1)c1ccc(Cl)c(Cl)c1. The number of nitrogens with zero attached hydrogens (tertiary/aromatic N) is 2. The van der Waals surface area contributed by atoms with Gasteiger partial charge >= 0.3 is 0 Å². The van der Waals surface area contributed by atoms with Crippen molar-refractivity contribution in [2.45, 2.75) is 25.8 Å². The van der Waals surface area contributed by atoms with Crippen LogP contribution in [0, 0.1) is 0 Å². The molecule has 1 aromatic carbocycles. The first-order chi connectivity index (χ1) is 9.61. The Labute approximate surface area is 131 Å². The molecular weight excluding hydrogens is 317 g/mol. The Morgan fingerprint density at radius 3 is 2.80 bits per heavy atom. The minimum atomic E-state index is -0.233. The van der Waals surface area contributed by atoms with Gasteiger partial charge in [-0.25, -0.2) is 0 Å². The predicted molar refractivity (Wildman–Crippen MR) is 81.5 cm³/mol. The van der Waals surface area contributed by atoms with Gasteiger partial charge < -0.3 is 5.32 Å². The van der Waals surface area contributed by atoms with Gasteiger partial charge in [0.15, 0.2) is 5.69 Å². The van der Waals surface area contributed by atoms with Crippen LogP contribution >= 0.6 is 34.7 Å². The van der Waals surface area contributed by atoms with E-state index in [0.717, 1.165) is 29.9 Å². The zero-order valence-corrected chi connectivity index (χ0v) is 13.1. The summed E-state index contributed by atoms with van der Waals surface area (Å²) in [5, 5.41) is 9.31. The maximum absolute atomic E-state index is 12.1. The van der Waals surface area contributed by atoms with Crippen molar-refractivity contribution in [2.24, 2.45) is 0 Å². The summed E-state index contributed by atoms with van der Waals surface area (Å²) in [7, 11) is 0. The van der Waals surface area contributed by atoms with Crippen molar-refractivity contribution in [3.63, 3.8) is 0 Å². The number of rotatable bonds is 5. The summed E-state index contributed by atoms with van der Waals surface area (Å²) in [4.78, 5) is 12.1. The molecule has 2 rings (SSSR count). The van der Waals surface area contributed by atoms with Gasteiger partial charge in [-0.2, -0.15) is 0 Å². The third-order valence-electron chi connectivity index (χ3n) is 2.82. The first-order valence-corrected chi connectivity index (χ1v) is 7.74. The van der Waals surface area contributed by atoms with E-state index in [9.17, 15) is 4.79 Å². The smallest absolute Gasteiger partial charge is 0.273 e. The van der Waals surface area contributed by atoms with Crippen molar-refractivity contribution in [1.82, 2.24) is 14.9 Å². The number of benzene rings is 1. The van der Waals surface area contributed by atoms with Crippen molar-refractivity contribution < 1.29 is 4.79 Å². The molecule has 1 heterocycles. The van der Waals surface area contributed by atoms with Crippen LogP contribution in [0.4, 0.5) is 0 Å². The summed E-state index contributed by atoms with van der Waals surface area (Å²) in [5.74, 6) is -0.233. The average Bonchev–Trinajstić information content (AvgIpc) is 2.95. The molecule has 1 aromatic heterocycles. The molecule has 4 nitrogen and oxygen atoms in total. The van der Waals surface area contributed by atoms with Gasteiger partial charge in [-0.3, -0.25) is 4.79 Å². The highest BCUT2D eigenvalue weighted by Gasteiger charge is 2.17. The molecule has 0 radical (unpaired) electrons. The molecule has 0 saturated carbocycles. The fraction of sp³-hybridized carbons (Fsp3) is 0.308. The number of nitrogens with one attached hydrogen (secondary N) is 1. The minimum absolute atomic E-state index is 0.121. The Morgan fingerprint density at radius 1 is 1.40 bits per heavy atom. The van der Waals surface area contributed by atoms with Crippen molar-refractivity contribution in [3.8, 4) is 0 Å². The third kappa shape index (κ3) is 3.69. The number of halogens is 2. The maximum atomic E-state index is 12.1. The van der Waals surface area contributed by atoms with E-state index in [-0.39, 0.29) is 11.9 Å². The number of amides is 1. The number of carbonyl (C=O) groups is 1. The molecule has 106 valence electrons. The van der Waals surface area contributed by atoms with E-state index in [0.29, 0.717) is 15.7 Å². The molecule has 0 spiro atoms. The van der Waals surface area contributed by atoms with Crippen LogP contribution in [-0.2, 0) is 0 Å². The first kappa shape index (κ1) is 15.2. The van der Waals surface area contributed by atoms with Crippen LogP contribution in [0.1, 0.15) is 41.9 Å². The molecule has 1 amide bonds. The number of hydrogen-bond acceptors (Lipinski definition) is 4. The van der Waals surface area contributed by atoms with Crippen molar-refractivity contribution in [1.29, 1.82) is 0 Å². The van der Waals surface area contributed by atoms with Crippen molar-refractivity contribution in [3.05, 3.63) is 44.9 Å². The van der Waals surface area contributed by atoms with Gasteiger partial charge in [0.2, 0.25) is 0 Å². The summed E-state index contributed by atoms with van der Waals surface area (Å²) >= 11 is 13.1. The van der Waals surface area contributed by atoms with Crippen LogP contribution in [0.15, 0.2) is 23.6 Å². The summed E-state index contributed by atoms with van der Waals surface area (Å²) in [6.07, 6.45) is 1.74. The van der Waals surface area contributed by atoms with Gasteiger partial charge in [0, 0.05) is 5.38 Å². The Kier molecular flexibility index (Phi) is 5.34. The van der Waals surface area contributed by atoms with Gasteiger partial charge in [0.05, 0.1) is 16.1 Å². The highest BCUT2D eigenvalue weighted by atomic mass is 35.5. The highest BCUT2D eigenvalue weighted by molar-refractivity contribution is 7.03. The van der Waals surface area contributed by atoms with Crippen molar-refractivity contribution in [2.75, 3.05) is 0 Å². The summed E-state index contributed by atoms with van der Waals surface area (Å²) < 4.78 is 3.69. The van der Waals surface area contributed by atoms with Gasteiger partial charge in [0.25, 0.3) is 5.91 Å². The molecular formula is C13H13Cl2N3OS. The van der Waals surface area contributed by atoms with Crippen LogP contribution in [0.3, 0.4) is 0 Å². The number of aromatic nitrogens is 2. The molecule has 0 fully saturated rings. The Bertz CT molecular complexity index is 589. The normalized spacial score (nSPS) is 12.2. The molecule has 20 heavy (non-hydrogen) atoms. The Balaban J connectivity index is 2.18. The molecule has 0 saturated heterocycles. The van der Waals surface area contributed by atoms with Gasteiger partial charge in [-0.15, -0.1) is 5.10 Å². The summed E-state index contributed by atoms with van der Waals surface area (Å²) in [6, 6.07) is 5.26. The summed E-state index contributed by atoms with van der Waals surface area (Å²) in [5.41, 5.74) is 1.26. The summed E-state index contributed by atoms with van der Waals surface area (Å²) in [6.45, 7) is 2.06. The lowest BCUT2D eigenvalue weighted by Gasteiger charge is -2.18. The lowest BCUT2D eigenvalue weighted by molar-refractivity contribution is 0.0929. The predicted octanol–water partition coefficient (Wildman–Crippen LogP) is 4.12. The molecule has 7 heteroatoms. The third-order valence-corrected chi connectivity index (χ3v) is 4.07. The minimum Gasteiger partial charge on any atom is -0.344 e. The van der Waals surface area contributed by atoms with E-state index in [2.05, 4.69) is 21.8 Å². The second-order valence-electron chi connectivity index (χ2n) is 4.28. The highest BCUT2D eigenvalue weighted by Crippen LogP contribution is 2.27. The fourth-order valence-electron chi connectivity index (χ4n) is 1.84. The van der Waals surface area contributed by atoms with Crippen LogP contribution in [-0.4, -0.2) is 15.5 Å². The Morgan fingerprint density at radius 2 is 2.20 bits per heavy atom. The fourth-order valence-corrected chi connectivity index (χ4v) is 2.58. The number of carbonyl (C=O) groups excluding carboxylic acids is 1. The van der Waals surface area contributed by atoms with Crippen molar-refractivity contribution >= 4 is 40.6 Å². The zero-order valence-electron chi connectivity index (χ0n) is 10.8. The van der Waals surface area contributed by atoms with Crippen LogP contribution < -0.4 is 5.32 Å². The maximum Gasteiger partial charge on any atom is 0.273 e. The molecule has 0 aliphatic rings. The van der Waals surface area contributed by atoms with Gasteiger partial charge in [0.1, 0.15) is 0 Å². The van der Waals surface area contributed by atoms with Gasteiger partial charge in [-0.05, 0) is 35.6 Å². The second-order valence-corrected chi connectivity index (χ2v) is 5.70. The van der Waals surface area contributed by atoms with Crippen LogP contribution in [0.5, 0.6) is 0 Å². The van der Waals surface area contributed by atoms with Crippen LogP contribution in [0.25, 0.3) is 0 Å². The standard InChI is InChI=1S/C13H13Cl2N3OS/c1-2-3-11(8-4-5-9(14)10(15)6-8)16-13(19)12-7-20-18-17-12/h4-7,11H,2-3H2,1H3,(H,16,19)/t11-/m1/s1. The van der Waals surface area contributed by atoms with E-state index < -0.39 is 0 Å². The number of hydrogen-bond donors (Lipinski definition) is 1. The van der Waals surface area contributed by atoms with E-state index in [1.165, 1.54) is 0 Å². The monoisotopic (exact) mass is 329 g/mol.